The first-order valence-electron chi connectivity index (χ1n) is 9.68. The van der Waals surface area contributed by atoms with Crippen molar-refractivity contribution in [3.05, 3.63) is 103 Å². The third kappa shape index (κ3) is 4.10. The number of pyridine rings is 1. The smallest absolute Gasteiger partial charge is 0.298 e. The van der Waals surface area contributed by atoms with Crippen LogP contribution >= 0.6 is 0 Å². The number of anilines is 1. The Bertz CT molecular complexity index is 1260. The molecule has 154 valence electrons. The molecule has 0 atom stereocenters. The molecule has 2 heterocycles. The van der Waals surface area contributed by atoms with E-state index in [1.807, 2.05) is 54.6 Å². The molecular formula is C25H21N3O3. The summed E-state index contributed by atoms with van der Waals surface area (Å²) in [5.41, 5.74) is 7.31. The highest BCUT2D eigenvalue weighted by molar-refractivity contribution is 6.47. The Kier molecular flexibility index (Phi) is 5.64. The van der Waals surface area contributed by atoms with E-state index in [0.29, 0.717) is 22.6 Å². The molecule has 0 aliphatic heterocycles. The summed E-state index contributed by atoms with van der Waals surface area (Å²) in [6.45, 7) is 3.85. The van der Waals surface area contributed by atoms with Gasteiger partial charge < -0.3 is 9.72 Å². The maximum Gasteiger partial charge on any atom is 0.298 e. The van der Waals surface area contributed by atoms with Gasteiger partial charge >= 0.3 is 0 Å². The van der Waals surface area contributed by atoms with Crippen LogP contribution in [0, 0.1) is 0 Å². The largest absolute Gasteiger partial charge is 0.319 e. The molecule has 2 N–H and O–H groups in total. The Labute approximate surface area is 179 Å². The second-order valence-electron chi connectivity index (χ2n) is 6.91. The molecule has 1 amide bonds. The molecule has 4 aromatic rings. The average molecular weight is 411 g/mol. The maximum absolute atomic E-state index is 13.2. The van der Waals surface area contributed by atoms with Crippen molar-refractivity contribution in [1.29, 1.82) is 0 Å². The Morgan fingerprint density at radius 3 is 2.35 bits per heavy atom. The molecule has 0 aliphatic rings. The Hall–Kier alpha value is -4.16. The predicted octanol–water partition coefficient (Wildman–Crippen LogP) is 4.55. The summed E-state index contributed by atoms with van der Waals surface area (Å²) < 4.78 is 1.74. The van der Waals surface area contributed by atoms with Crippen molar-refractivity contribution < 1.29 is 14.4 Å². The van der Waals surface area contributed by atoms with Crippen LogP contribution in [-0.2, 0) is 9.63 Å². The lowest BCUT2D eigenvalue weighted by Crippen LogP contribution is -2.24. The van der Waals surface area contributed by atoms with Gasteiger partial charge in [-0.1, -0.05) is 55.1 Å². The van der Waals surface area contributed by atoms with Crippen LogP contribution in [0.25, 0.3) is 22.3 Å². The fourth-order valence-corrected chi connectivity index (χ4v) is 3.43. The highest BCUT2D eigenvalue weighted by Crippen LogP contribution is 2.28. The SMILES string of the molecule is C=C(NOC)c1ccc(NC(=O)C(=O)c2c(-c3ccccc3)cc3ccccn23)cc1. The van der Waals surface area contributed by atoms with Crippen molar-refractivity contribution in [2.45, 2.75) is 0 Å². The Morgan fingerprint density at radius 2 is 1.65 bits per heavy atom. The molecule has 0 aliphatic carbocycles. The molecule has 6 nitrogen and oxygen atoms in total. The lowest BCUT2D eigenvalue weighted by molar-refractivity contribution is -0.112. The number of hydroxylamine groups is 1. The standard InChI is InChI=1S/C25H21N3O3/c1-17(27-31-2)18-11-13-20(14-12-18)26-25(30)24(29)23-22(19-8-4-3-5-9-19)16-21-10-6-7-15-28(21)23/h3-16,27H,1H2,2H3,(H,26,30). The zero-order valence-electron chi connectivity index (χ0n) is 17.0. The van der Waals surface area contributed by atoms with Gasteiger partial charge in [0.05, 0.1) is 12.8 Å². The number of aromatic nitrogens is 1. The third-order valence-electron chi connectivity index (χ3n) is 4.90. The van der Waals surface area contributed by atoms with Gasteiger partial charge in [-0.15, -0.1) is 0 Å². The molecule has 0 bridgehead atoms. The van der Waals surface area contributed by atoms with Crippen LogP contribution < -0.4 is 10.8 Å². The summed E-state index contributed by atoms with van der Waals surface area (Å²) in [6.07, 6.45) is 1.78. The van der Waals surface area contributed by atoms with Crippen LogP contribution in [0.2, 0.25) is 0 Å². The zero-order chi connectivity index (χ0) is 21.8. The first-order chi connectivity index (χ1) is 15.1. The molecule has 0 spiro atoms. The Morgan fingerprint density at radius 1 is 0.935 bits per heavy atom. The van der Waals surface area contributed by atoms with Crippen LogP contribution in [0.15, 0.2) is 91.6 Å². The van der Waals surface area contributed by atoms with E-state index in [0.717, 1.165) is 16.6 Å². The lowest BCUT2D eigenvalue weighted by Gasteiger charge is -2.10. The number of hydrogen-bond donors (Lipinski definition) is 2. The summed E-state index contributed by atoms with van der Waals surface area (Å²) in [5, 5.41) is 2.69. The number of fused-ring (bicyclic) bond motifs is 1. The van der Waals surface area contributed by atoms with E-state index < -0.39 is 11.7 Å². The van der Waals surface area contributed by atoms with E-state index in [1.165, 1.54) is 7.11 Å². The van der Waals surface area contributed by atoms with E-state index in [-0.39, 0.29) is 0 Å². The number of benzene rings is 2. The van der Waals surface area contributed by atoms with Gasteiger partial charge in [-0.3, -0.25) is 19.9 Å². The molecule has 2 aromatic heterocycles. The van der Waals surface area contributed by atoms with Crippen molar-refractivity contribution >= 4 is 28.6 Å². The fourth-order valence-electron chi connectivity index (χ4n) is 3.43. The van der Waals surface area contributed by atoms with E-state index in [2.05, 4.69) is 17.4 Å². The van der Waals surface area contributed by atoms with Crippen LogP contribution in [-0.4, -0.2) is 23.2 Å². The second kappa shape index (κ2) is 8.69. The van der Waals surface area contributed by atoms with Gasteiger partial charge in [-0.2, -0.15) is 0 Å². The molecule has 31 heavy (non-hydrogen) atoms. The molecule has 0 unspecified atom stereocenters. The van der Waals surface area contributed by atoms with Gasteiger partial charge in [0.2, 0.25) is 0 Å². The molecule has 2 aromatic carbocycles. The molecule has 6 heteroatoms. The minimum absolute atomic E-state index is 0.327. The van der Waals surface area contributed by atoms with Crippen LogP contribution in [0.3, 0.4) is 0 Å². The number of hydrogen-bond acceptors (Lipinski definition) is 4. The average Bonchev–Trinajstić information content (AvgIpc) is 3.19. The van der Waals surface area contributed by atoms with E-state index >= 15 is 0 Å². The zero-order valence-corrected chi connectivity index (χ0v) is 17.0. The van der Waals surface area contributed by atoms with Crippen molar-refractivity contribution in [1.82, 2.24) is 9.88 Å². The summed E-state index contributed by atoms with van der Waals surface area (Å²) in [5.74, 6) is -1.32. The summed E-state index contributed by atoms with van der Waals surface area (Å²) in [6, 6.07) is 24.1. The minimum atomic E-state index is -0.706. The van der Waals surface area contributed by atoms with Crippen LogP contribution in [0.4, 0.5) is 5.69 Å². The molecular weight excluding hydrogens is 390 g/mol. The van der Waals surface area contributed by atoms with Crippen molar-refractivity contribution in [3.8, 4) is 11.1 Å². The number of nitrogens with zero attached hydrogens (tertiary/aromatic N) is 1. The first kappa shape index (κ1) is 20.1. The normalized spacial score (nSPS) is 10.6. The second-order valence-corrected chi connectivity index (χ2v) is 6.91. The van der Waals surface area contributed by atoms with Crippen LogP contribution in [0.1, 0.15) is 16.1 Å². The molecule has 0 saturated carbocycles. The number of Topliss-reactive ketones (excluding diaryl/α,β-unsaturated/α-hetero) is 1. The molecule has 4 rings (SSSR count). The number of carbonyl (C=O) groups is 2. The minimum Gasteiger partial charge on any atom is -0.319 e. The van der Waals surface area contributed by atoms with E-state index in [4.69, 9.17) is 4.84 Å². The summed E-state index contributed by atoms with van der Waals surface area (Å²) in [7, 11) is 1.50. The maximum atomic E-state index is 13.2. The van der Waals surface area contributed by atoms with Crippen molar-refractivity contribution in [3.63, 3.8) is 0 Å². The highest BCUT2D eigenvalue weighted by atomic mass is 16.6. The van der Waals surface area contributed by atoms with Gasteiger partial charge in [0, 0.05) is 23.0 Å². The van der Waals surface area contributed by atoms with Gasteiger partial charge in [0.25, 0.3) is 11.7 Å². The lowest BCUT2D eigenvalue weighted by atomic mass is 10.0. The fraction of sp³-hybridized carbons (Fsp3) is 0.0400. The molecule has 0 radical (unpaired) electrons. The Balaban J connectivity index is 1.64. The number of nitrogens with one attached hydrogen (secondary N) is 2. The molecule has 0 saturated heterocycles. The van der Waals surface area contributed by atoms with Gasteiger partial charge in [0.15, 0.2) is 0 Å². The first-order valence-corrected chi connectivity index (χ1v) is 9.68. The highest BCUT2D eigenvalue weighted by Gasteiger charge is 2.24. The quantitative estimate of drug-likeness (QED) is 0.266. The topological polar surface area (TPSA) is 71.8 Å². The van der Waals surface area contributed by atoms with Gasteiger partial charge in [-0.05, 0) is 41.5 Å². The van der Waals surface area contributed by atoms with E-state index in [1.54, 1.807) is 34.9 Å². The summed E-state index contributed by atoms with van der Waals surface area (Å²) >= 11 is 0. The monoisotopic (exact) mass is 411 g/mol. The number of amides is 1. The van der Waals surface area contributed by atoms with E-state index in [9.17, 15) is 9.59 Å². The third-order valence-corrected chi connectivity index (χ3v) is 4.90. The van der Waals surface area contributed by atoms with Crippen molar-refractivity contribution in [2.24, 2.45) is 0 Å². The number of rotatable bonds is 7. The van der Waals surface area contributed by atoms with Gasteiger partial charge in [-0.25, -0.2) is 0 Å². The predicted molar refractivity (Wildman–Crippen MR) is 121 cm³/mol. The molecule has 0 fully saturated rings. The van der Waals surface area contributed by atoms with Crippen LogP contribution in [0.5, 0.6) is 0 Å². The van der Waals surface area contributed by atoms with Crippen molar-refractivity contribution in [2.75, 3.05) is 12.4 Å². The van der Waals surface area contributed by atoms with Gasteiger partial charge in [0.1, 0.15) is 5.69 Å². The summed E-state index contributed by atoms with van der Waals surface area (Å²) in [4.78, 5) is 30.9. The number of ketones is 1. The number of carbonyl (C=O) groups excluding carboxylic acids is 2.